The topological polar surface area (TPSA) is 97.0 Å². The molecule has 0 bridgehead atoms. The molecule has 0 aromatic heterocycles. The van der Waals surface area contributed by atoms with Gasteiger partial charge in [-0.2, -0.15) is 4.90 Å². The lowest BCUT2D eigenvalue weighted by Crippen LogP contribution is -2.18. The van der Waals surface area contributed by atoms with Crippen LogP contribution in [0, 0.1) is 10.4 Å². The minimum Gasteiger partial charge on any atom is -0.612 e. The van der Waals surface area contributed by atoms with Crippen molar-refractivity contribution in [1.29, 1.82) is 0 Å². The smallest absolute Gasteiger partial charge is 0.237 e. The van der Waals surface area contributed by atoms with Crippen LogP contribution in [0.3, 0.4) is 0 Å². The molecule has 0 unspecified atom stereocenters. The number of methoxy groups -OCH3 is 3. The average Bonchev–Trinajstić information content (AvgIpc) is 2.59. The number of nitrogens with zero attached hydrogens (tertiary/aromatic N) is 1. The summed E-state index contributed by atoms with van der Waals surface area (Å²) in [6, 6.07) is 6.51. The summed E-state index contributed by atoms with van der Waals surface area (Å²) in [5.41, 5.74) is 0.176. The van der Waals surface area contributed by atoms with Gasteiger partial charge in [-0.3, -0.25) is 0 Å². The molecule has 0 fully saturated rings. The predicted molar refractivity (Wildman–Crippen MR) is 84.7 cm³/mol. The summed E-state index contributed by atoms with van der Waals surface area (Å²) in [6.07, 6.45) is 2.59. The molecule has 0 saturated carbocycles. The Hall–Kier alpha value is -3.09. The molecule has 0 aliphatic heterocycles. The molecule has 0 amide bonds. The van der Waals surface area contributed by atoms with Gasteiger partial charge in [0, 0.05) is 11.6 Å². The number of ether oxygens (including phenoxy) is 3. The van der Waals surface area contributed by atoms with E-state index < -0.39 is 4.90 Å². The monoisotopic (exact) mass is 318 g/mol. The molecule has 1 aliphatic rings. The van der Waals surface area contributed by atoms with Crippen molar-refractivity contribution < 1.29 is 24.2 Å². The highest BCUT2D eigenvalue weighted by atomic mass is 16.8. The van der Waals surface area contributed by atoms with Crippen molar-refractivity contribution in [2.45, 2.75) is 0 Å². The van der Waals surface area contributed by atoms with E-state index in [-0.39, 0.29) is 28.6 Å². The molecule has 1 aromatic rings. The van der Waals surface area contributed by atoms with E-state index in [2.05, 4.69) is 0 Å². The van der Waals surface area contributed by atoms with Gasteiger partial charge in [-0.1, -0.05) is 0 Å². The van der Waals surface area contributed by atoms with E-state index in [1.54, 1.807) is 24.3 Å². The van der Waals surface area contributed by atoms with Crippen molar-refractivity contribution in [3.05, 3.63) is 69.5 Å². The van der Waals surface area contributed by atoms with Gasteiger partial charge in [0.2, 0.25) is 5.71 Å². The predicted octanol–water partition coefficient (Wildman–Crippen LogP) is 2.49. The number of aliphatic hydroxyl groups excluding tert-OH is 1. The number of rotatable bonds is 4. The second kappa shape index (κ2) is 6.78. The van der Waals surface area contributed by atoms with Gasteiger partial charge in [0.1, 0.15) is 11.5 Å². The Morgan fingerprint density at radius 3 is 1.96 bits per heavy atom. The molecule has 1 N–H and O–H groups in total. The van der Waals surface area contributed by atoms with E-state index in [0.29, 0.717) is 11.3 Å². The zero-order valence-corrected chi connectivity index (χ0v) is 12.9. The molecular weight excluding hydrogens is 302 g/mol. The fourth-order valence-corrected chi connectivity index (χ4v) is 2.11. The Labute approximate surface area is 133 Å². The fourth-order valence-electron chi connectivity index (χ4n) is 2.11. The van der Waals surface area contributed by atoms with Gasteiger partial charge in [-0.15, -0.1) is 0 Å². The summed E-state index contributed by atoms with van der Waals surface area (Å²) >= 11 is 0. The van der Waals surface area contributed by atoms with Crippen molar-refractivity contribution >= 4 is 11.5 Å². The van der Waals surface area contributed by atoms with Gasteiger partial charge in [-0.25, -0.2) is 0 Å². The minimum atomic E-state index is -0.586. The van der Waals surface area contributed by atoms with Gasteiger partial charge in [0.25, 0.3) is 0 Å². The maximum absolute atomic E-state index is 11.3. The van der Waals surface area contributed by atoms with Crippen molar-refractivity contribution in [3.63, 3.8) is 0 Å². The Bertz CT molecular complexity index is 709. The van der Waals surface area contributed by atoms with Crippen LogP contribution in [0.25, 0.3) is 5.76 Å². The van der Waals surface area contributed by atoms with E-state index >= 15 is 0 Å². The number of allylic oxidation sites excluding steroid dienone is 3. The van der Waals surface area contributed by atoms with Crippen molar-refractivity contribution in [2.24, 2.45) is 0 Å². The van der Waals surface area contributed by atoms with E-state index in [0.717, 1.165) is 0 Å². The van der Waals surface area contributed by atoms with Crippen molar-refractivity contribution in [1.82, 2.24) is 0 Å². The molecule has 0 heterocycles. The van der Waals surface area contributed by atoms with E-state index in [4.69, 9.17) is 14.2 Å². The molecular formula is C16H16NO6-. The first-order chi connectivity index (χ1) is 11.0. The largest absolute Gasteiger partial charge is 0.612 e. The molecule has 7 heteroatoms. The maximum atomic E-state index is 11.3. The third kappa shape index (κ3) is 3.23. The van der Waals surface area contributed by atoms with E-state index in [1.165, 1.54) is 33.5 Å². The zero-order valence-electron chi connectivity index (χ0n) is 12.9. The lowest BCUT2D eigenvalue weighted by molar-refractivity contribution is -0.377. The van der Waals surface area contributed by atoms with E-state index in [9.17, 15) is 15.5 Å². The van der Waals surface area contributed by atoms with Crippen molar-refractivity contribution in [3.8, 4) is 5.75 Å². The van der Waals surface area contributed by atoms with Crippen LogP contribution in [0.1, 0.15) is 5.56 Å². The SMILES string of the molecule is COC1=CC(=C(O)c2ccc(OC)cc2)C(=[N+]([O-])[O-])C=C1OC. The Balaban J connectivity index is 2.58. The molecule has 0 atom stereocenters. The Morgan fingerprint density at radius 2 is 1.48 bits per heavy atom. The summed E-state index contributed by atoms with van der Waals surface area (Å²) in [7, 11) is 4.32. The van der Waals surface area contributed by atoms with Crippen LogP contribution < -0.4 is 4.74 Å². The van der Waals surface area contributed by atoms with Crippen LogP contribution in [0.5, 0.6) is 5.75 Å². The van der Waals surface area contributed by atoms with Gasteiger partial charge in [0.15, 0.2) is 11.5 Å². The first-order valence-corrected chi connectivity index (χ1v) is 6.63. The molecule has 0 radical (unpaired) electrons. The number of aliphatic hydroxyl groups is 1. The van der Waals surface area contributed by atoms with Crippen LogP contribution in [0.2, 0.25) is 0 Å². The standard InChI is InChI=1S/C16H16NO6/c1-21-11-6-4-10(5-7-11)16(18)12-8-14(22-2)15(23-3)9-13(12)17(19)20/h4-9H,1-3H3,(H-,18,19,20)/q-1. The highest BCUT2D eigenvalue weighted by Crippen LogP contribution is 2.28. The van der Waals surface area contributed by atoms with Crippen LogP contribution >= 0.6 is 0 Å². The van der Waals surface area contributed by atoms with Gasteiger partial charge in [0.05, 0.1) is 33.0 Å². The third-order valence-corrected chi connectivity index (χ3v) is 3.32. The van der Waals surface area contributed by atoms with Gasteiger partial charge < -0.3 is 29.7 Å². The minimum absolute atomic E-state index is 0.0396. The zero-order chi connectivity index (χ0) is 17.0. The number of hydrogen-bond donors (Lipinski definition) is 1. The molecule has 1 aliphatic carbocycles. The Morgan fingerprint density at radius 1 is 0.913 bits per heavy atom. The average molecular weight is 318 g/mol. The first-order valence-electron chi connectivity index (χ1n) is 6.63. The Kier molecular flexibility index (Phi) is 4.80. The van der Waals surface area contributed by atoms with Crippen molar-refractivity contribution in [2.75, 3.05) is 21.3 Å². The second-order valence-electron chi connectivity index (χ2n) is 4.56. The summed E-state index contributed by atoms with van der Waals surface area (Å²) in [5.74, 6) is 0.877. The summed E-state index contributed by atoms with van der Waals surface area (Å²) in [5, 5.41) is 33.0. The highest BCUT2D eigenvalue weighted by molar-refractivity contribution is 6.13. The summed E-state index contributed by atoms with van der Waals surface area (Å²) in [6.45, 7) is 0. The molecule has 1 aromatic carbocycles. The molecule has 122 valence electrons. The van der Waals surface area contributed by atoms with E-state index in [1.807, 2.05) is 0 Å². The number of hydrogen-bond acceptors (Lipinski definition) is 6. The normalized spacial score (nSPS) is 16.2. The highest BCUT2D eigenvalue weighted by Gasteiger charge is 2.25. The molecule has 2 rings (SSSR count). The van der Waals surface area contributed by atoms with Crippen LogP contribution in [0.4, 0.5) is 0 Å². The summed E-state index contributed by atoms with van der Waals surface area (Å²) in [4.78, 5) is -0.586. The molecule has 23 heavy (non-hydrogen) atoms. The first kappa shape index (κ1) is 16.3. The van der Waals surface area contributed by atoms with Crippen LogP contribution in [-0.2, 0) is 9.47 Å². The lowest BCUT2D eigenvalue weighted by Gasteiger charge is -2.18. The molecule has 0 saturated heterocycles. The second-order valence-corrected chi connectivity index (χ2v) is 4.56. The molecule has 0 spiro atoms. The van der Waals surface area contributed by atoms with Gasteiger partial charge in [-0.05, 0) is 24.3 Å². The fraction of sp³-hybridized carbons (Fsp3) is 0.188. The van der Waals surface area contributed by atoms with Crippen LogP contribution in [-0.4, -0.2) is 37.0 Å². The molecule has 7 nitrogen and oxygen atoms in total. The quantitative estimate of drug-likeness (QED) is 0.520. The van der Waals surface area contributed by atoms with Crippen LogP contribution in [0.15, 0.2) is 53.5 Å². The van der Waals surface area contributed by atoms with Gasteiger partial charge >= 0.3 is 0 Å². The maximum Gasteiger partial charge on any atom is 0.237 e. The summed E-state index contributed by atoms with van der Waals surface area (Å²) < 4.78 is 15.3. The lowest BCUT2D eigenvalue weighted by atomic mass is 9.98. The third-order valence-electron chi connectivity index (χ3n) is 3.32. The number of benzene rings is 1.